The van der Waals surface area contributed by atoms with Crippen LogP contribution in [0.5, 0.6) is 0 Å². The Labute approximate surface area is 118 Å². The van der Waals surface area contributed by atoms with Crippen molar-refractivity contribution in [2.24, 2.45) is 0 Å². The lowest BCUT2D eigenvalue weighted by molar-refractivity contribution is 0.104. The molecule has 2 aromatic rings. The molecule has 4 heteroatoms. The van der Waals surface area contributed by atoms with Crippen LogP contribution in [0, 0.1) is 6.92 Å². The third-order valence-corrected chi connectivity index (χ3v) is 3.08. The Balaban J connectivity index is 2.11. The van der Waals surface area contributed by atoms with Crippen molar-refractivity contribution >= 4 is 11.9 Å². The number of aryl methyl sites for hydroxylation is 1. The lowest BCUT2D eigenvalue weighted by Crippen LogP contribution is -2.01. The minimum Gasteiger partial charge on any atom is -0.465 e. The van der Waals surface area contributed by atoms with Crippen LogP contribution in [0.1, 0.15) is 35.7 Å². The van der Waals surface area contributed by atoms with Crippen LogP contribution in [0.2, 0.25) is 0 Å². The summed E-state index contributed by atoms with van der Waals surface area (Å²) in [5.41, 5.74) is 2.50. The Morgan fingerprint density at radius 3 is 2.85 bits per heavy atom. The molecule has 0 unspecified atom stereocenters. The van der Waals surface area contributed by atoms with Crippen molar-refractivity contribution in [1.29, 1.82) is 0 Å². The Hall–Kier alpha value is -2.36. The summed E-state index contributed by atoms with van der Waals surface area (Å²) >= 11 is 0. The number of carbonyl (C=O) groups is 1. The van der Waals surface area contributed by atoms with Crippen molar-refractivity contribution < 1.29 is 9.21 Å². The number of aromatic nitrogens is 2. The van der Waals surface area contributed by atoms with Gasteiger partial charge in [0.1, 0.15) is 5.76 Å². The van der Waals surface area contributed by atoms with E-state index in [9.17, 15) is 4.79 Å². The topological polar surface area (TPSA) is 48.0 Å². The quantitative estimate of drug-likeness (QED) is 0.473. The summed E-state index contributed by atoms with van der Waals surface area (Å²) in [7, 11) is 0. The molecule has 2 aromatic heterocycles. The van der Waals surface area contributed by atoms with Crippen LogP contribution in [0.15, 0.2) is 46.7 Å². The second-order valence-corrected chi connectivity index (χ2v) is 4.56. The fourth-order valence-corrected chi connectivity index (χ4v) is 1.95. The molecule has 0 amide bonds. The van der Waals surface area contributed by atoms with Crippen molar-refractivity contribution in [3.05, 3.63) is 59.3 Å². The van der Waals surface area contributed by atoms with Crippen LogP contribution in [0.4, 0.5) is 0 Å². The predicted molar refractivity (Wildman–Crippen MR) is 78.5 cm³/mol. The summed E-state index contributed by atoms with van der Waals surface area (Å²) in [5, 5.41) is 4.18. The van der Waals surface area contributed by atoms with Gasteiger partial charge in [0.05, 0.1) is 18.0 Å². The highest BCUT2D eigenvalue weighted by Crippen LogP contribution is 2.11. The van der Waals surface area contributed by atoms with E-state index in [1.807, 2.05) is 43.7 Å². The summed E-state index contributed by atoms with van der Waals surface area (Å²) in [6.45, 7) is 6.60. The maximum absolute atomic E-state index is 12.1. The minimum atomic E-state index is -0.0330. The molecule has 0 saturated carbocycles. The van der Waals surface area contributed by atoms with Crippen molar-refractivity contribution in [2.75, 3.05) is 0 Å². The molecule has 0 saturated heterocycles. The van der Waals surface area contributed by atoms with Gasteiger partial charge in [0.2, 0.25) is 0 Å². The molecule has 0 spiro atoms. The molecular weight excluding hydrogens is 252 g/mol. The van der Waals surface area contributed by atoms with Crippen LogP contribution in [-0.4, -0.2) is 15.6 Å². The zero-order valence-electron chi connectivity index (χ0n) is 12.0. The zero-order valence-corrected chi connectivity index (χ0v) is 12.0. The van der Waals surface area contributed by atoms with Crippen LogP contribution < -0.4 is 0 Å². The van der Waals surface area contributed by atoms with Crippen molar-refractivity contribution in [3.8, 4) is 0 Å². The molecule has 0 bridgehead atoms. The SMILES string of the molecule is CCn1ncc(C(=O)/C=C/C(C)=C/c2ccco2)c1C. The average Bonchev–Trinajstić information content (AvgIpc) is 3.05. The molecule has 2 heterocycles. The highest BCUT2D eigenvalue weighted by atomic mass is 16.3. The van der Waals surface area contributed by atoms with E-state index in [1.165, 1.54) is 0 Å². The van der Waals surface area contributed by atoms with Crippen LogP contribution >= 0.6 is 0 Å². The Bertz CT molecular complexity index is 646. The number of allylic oxidation sites excluding steroid dienone is 3. The molecule has 2 rings (SSSR count). The first-order valence-electron chi connectivity index (χ1n) is 6.58. The number of hydrogen-bond donors (Lipinski definition) is 0. The van der Waals surface area contributed by atoms with E-state index in [4.69, 9.17) is 4.42 Å². The number of hydrogen-bond acceptors (Lipinski definition) is 3. The molecular formula is C16H18N2O2. The molecule has 104 valence electrons. The zero-order chi connectivity index (χ0) is 14.5. The molecule has 20 heavy (non-hydrogen) atoms. The van der Waals surface area contributed by atoms with Crippen LogP contribution in [0.25, 0.3) is 6.08 Å². The molecule has 0 aliphatic rings. The predicted octanol–water partition coefficient (Wildman–Crippen LogP) is 3.65. The summed E-state index contributed by atoms with van der Waals surface area (Å²) in [6, 6.07) is 3.70. The highest BCUT2D eigenvalue weighted by molar-refractivity contribution is 6.05. The van der Waals surface area contributed by atoms with E-state index in [1.54, 1.807) is 24.6 Å². The molecule has 0 fully saturated rings. The Morgan fingerprint density at radius 1 is 1.45 bits per heavy atom. The summed E-state index contributed by atoms with van der Waals surface area (Å²) in [5.74, 6) is 0.740. The van der Waals surface area contributed by atoms with Gasteiger partial charge in [-0.05, 0) is 50.6 Å². The fraction of sp³-hybridized carbons (Fsp3) is 0.250. The molecule has 4 nitrogen and oxygen atoms in total. The fourth-order valence-electron chi connectivity index (χ4n) is 1.95. The molecule has 0 aromatic carbocycles. The Morgan fingerprint density at radius 2 is 2.25 bits per heavy atom. The summed E-state index contributed by atoms with van der Waals surface area (Å²) in [6.07, 6.45) is 8.48. The van der Waals surface area contributed by atoms with Gasteiger partial charge < -0.3 is 4.42 Å². The van der Waals surface area contributed by atoms with Crippen LogP contribution in [0.3, 0.4) is 0 Å². The highest BCUT2D eigenvalue weighted by Gasteiger charge is 2.10. The third-order valence-electron chi connectivity index (χ3n) is 3.08. The second kappa shape index (κ2) is 6.19. The lowest BCUT2D eigenvalue weighted by atomic mass is 10.1. The summed E-state index contributed by atoms with van der Waals surface area (Å²) in [4.78, 5) is 12.1. The van der Waals surface area contributed by atoms with E-state index in [0.29, 0.717) is 5.56 Å². The maximum Gasteiger partial charge on any atom is 0.189 e. The first-order chi connectivity index (χ1) is 9.61. The van der Waals surface area contributed by atoms with Gasteiger partial charge >= 0.3 is 0 Å². The number of carbonyl (C=O) groups excluding carboxylic acids is 1. The van der Waals surface area contributed by atoms with Gasteiger partial charge in [-0.2, -0.15) is 5.10 Å². The first-order valence-corrected chi connectivity index (χ1v) is 6.58. The van der Waals surface area contributed by atoms with E-state index in [2.05, 4.69) is 5.10 Å². The van der Waals surface area contributed by atoms with Gasteiger partial charge in [-0.25, -0.2) is 0 Å². The van der Waals surface area contributed by atoms with Gasteiger partial charge in [-0.15, -0.1) is 0 Å². The number of ketones is 1. The lowest BCUT2D eigenvalue weighted by Gasteiger charge is -1.99. The molecule has 0 aliphatic heterocycles. The monoisotopic (exact) mass is 270 g/mol. The molecule has 0 N–H and O–H groups in total. The van der Waals surface area contributed by atoms with E-state index in [-0.39, 0.29) is 5.78 Å². The standard InChI is InChI=1S/C16H18N2O2/c1-4-18-13(3)15(11-17-18)16(19)8-7-12(2)10-14-6-5-9-20-14/h5-11H,4H2,1-3H3/b8-7+,12-10+. The maximum atomic E-state index is 12.1. The largest absolute Gasteiger partial charge is 0.465 e. The van der Waals surface area contributed by atoms with Crippen molar-refractivity contribution in [2.45, 2.75) is 27.3 Å². The number of nitrogens with zero attached hydrogens (tertiary/aromatic N) is 2. The van der Waals surface area contributed by atoms with Crippen molar-refractivity contribution in [1.82, 2.24) is 9.78 Å². The van der Waals surface area contributed by atoms with E-state index >= 15 is 0 Å². The van der Waals surface area contributed by atoms with Crippen molar-refractivity contribution in [3.63, 3.8) is 0 Å². The van der Waals surface area contributed by atoms with Gasteiger partial charge in [0, 0.05) is 12.2 Å². The third kappa shape index (κ3) is 3.15. The molecule has 0 atom stereocenters. The number of furan rings is 1. The average molecular weight is 270 g/mol. The van der Waals surface area contributed by atoms with Gasteiger partial charge in [0.25, 0.3) is 0 Å². The minimum absolute atomic E-state index is 0.0330. The van der Waals surface area contributed by atoms with Gasteiger partial charge in [0.15, 0.2) is 5.78 Å². The molecule has 0 aliphatic carbocycles. The molecule has 0 radical (unpaired) electrons. The first kappa shape index (κ1) is 14.1. The second-order valence-electron chi connectivity index (χ2n) is 4.56. The Kier molecular flexibility index (Phi) is 4.35. The van der Waals surface area contributed by atoms with E-state index < -0.39 is 0 Å². The summed E-state index contributed by atoms with van der Waals surface area (Å²) < 4.78 is 7.04. The van der Waals surface area contributed by atoms with Gasteiger partial charge in [-0.1, -0.05) is 6.08 Å². The van der Waals surface area contributed by atoms with E-state index in [0.717, 1.165) is 23.6 Å². The smallest absolute Gasteiger partial charge is 0.189 e. The van der Waals surface area contributed by atoms with Gasteiger partial charge in [-0.3, -0.25) is 9.48 Å². The van der Waals surface area contributed by atoms with Crippen LogP contribution in [-0.2, 0) is 6.54 Å². The number of rotatable bonds is 5. The normalized spacial score (nSPS) is 12.2.